The van der Waals surface area contributed by atoms with Crippen LogP contribution in [0.15, 0.2) is 29.0 Å². The Bertz CT molecular complexity index is 477. The van der Waals surface area contributed by atoms with Gasteiger partial charge in [-0.05, 0) is 36.6 Å². The molecule has 90 valence electrons. The molecule has 0 amide bonds. The number of benzene rings is 1. The van der Waals surface area contributed by atoms with Gasteiger partial charge in [-0.3, -0.25) is 0 Å². The average molecular weight is 231 g/mol. The number of anilines is 1. The predicted molar refractivity (Wildman–Crippen MR) is 67.8 cm³/mol. The van der Waals surface area contributed by atoms with Crippen molar-refractivity contribution in [1.82, 2.24) is 10.2 Å². The van der Waals surface area contributed by atoms with Gasteiger partial charge in [0.1, 0.15) is 0 Å². The van der Waals surface area contributed by atoms with Crippen LogP contribution in [0.25, 0.3) is 11.5 Å². The molecule has 0 aliphatic rings. The normalized spacial score (nSPS) is 10.8. The van der Waals surface area contributed by atoms with Gasteiger partial charge in [-0.2, -0.15) is 0 Å². The summed E-state index contributed by atoms with van der Waals surface area (Å²) >= 11 is 0. The Kier molecular flexibility index (Phi) is 3.42. The van der Waals surface area contributed by atoms with E-state index in [2.05, 4.69) is 48.4 Å². The number of nitrogens with zero attached hydrogens (tertiary/aromatic N) is 2. The number of hydrogen-bond donors (Lipinski definition) is 1. The second-order valence-corrected chi connectivity index (χ2v) is 4.55. The molecule has 2 aromatic rings. The first-order chi connectivity index (χ1) is 8.16. The lowest BCUT2D eigenvalue weighted by molar-refractivity contribution is 0.568. The molecule has 0 atom stereocenters. The van der Waals surface area contributed by atoms with Gasteiger partial charge >= 0.3 is 0 Å². The van der Waals surface area contributed by atoms with Crippen LogP contribution in [0, 0.1) is 12.8 Å². The molecule has 0 saturated heterocycles. The lowest BCUT2D eigenvalue weighted by Gasteiger charge is -2.12. The molecule has 4 heteroatoms. The minimum atomic E-state index is 0.559. The van der Waals surface area contributed by atoms with Crippen LogP contribution in [0.5, 0.6) is 0 Å². The summed E-state index contributed by atoms with van der Waals surface area (Å²) in [6, 6.07) is 6.09. The van der Waals surface area contributed by atoms with Gasteiger partial charge in [-0.1, -0.05) is 13.8 Å². The molecule has 0 aliphatic carbocycles. The highest BCUT2D eigenvalue weighted by Crippen LogP contribution is 2.23. The minimum absolute atomic E-state index is 0.559. The number of hydrogen-bond acceptors (Lipinski definition) is 4. The van der Waals surface area contributed by atoms with Crippen molar-refractivity contribution in [2.75, 3.05) is 11.9 Å². The Morgan fingerprint density at radius 1 is 1.35 bits per heavy atom. The maximum Gasteiger partial charge on any atom is 0.247 e. The molecule has 1 heterocycles. The molecule has 1 aromatic carbocycles. The summed E-state index contributed by atoms with van der Waals surface area (Å²) in [5.41, 5.74) is 3.29. The molecule has 1 aromatic heterocycles. The summed E-state index contributed by atoms with van der Waals surface area (Å²) < 4.78 is 5.17. The van der Waals surface area contributed by atoms with Gasteiger partial charge in [0.15, 0.2) is 0 Å². The summed E-state index contributed by atoms with van der Waals surface area (Å²) in [6.45, 7) is 7.42. The van der Waals surface area contributed by atoms with E-state index in [1.54, 1.807) is 0 Å². The molecule has 17 heavy (non-hydrogen) atoms. The molecule has 0 spiro atoms. The van der Waals surface area contributed by atoms with Crippen LogP contribution in [0.2, 0.25) is 0 Å². The third-order valence-electron chi connectivity index (χ3n) is 2.53. The van der Waals surface area contributed by atoms with E-state index in [1.807, 2.05) is 6.07 Å². The fourth-order valence-corrected chi connectivity index (χ4v) is 1.61. The summed E-state index contributed by atoms with van der Waals surface area (Å²) in [5.74, 6) is 1.19. The fraction of sp³-hybridized carbons (Fsp3) is 0.385. The standard InChI is InChI=1S/C13H17N3O/c1-9(2)7-14-12-5-4-11(6-10(12)3)13-16-15-8-17-13/h4-6,8-9,14H,7H2,1-3H3. The van der Waals surface area contributed by atoms with Crippen LogP contribution in [0.4, 0.5) is 5.69 Å². The summed E-state index contributed by atoms with van der Waals surface area (Å²) in [4.78, 5) is 0. The number of aryl methyl sites for hydroxylation is 1. The molecule has 2 rings (SSSR count). The smallest absolute Gasteiger partial charge is 0.247 e. The van der Waals surface area contributed by atoms with E-state index in [4.69, 9.17) is 4.42 Å². The lowest BCUT2D eigenvalue weighted by Crippen LogP contribution is -2.08. The highest BCUT2D eigenvalue weighted by atomic mass is 16.4. The van der Waals surface area contributed by atoms with Gasteiger partial charge in [0.05, 0.1) is 0 Å². The first-order valence-corrected chi connectivity index (χ1v) is 5.78. The summed E-state index contributed by atoms with van der Waals surface area (Å²) in [7, 11) is 0. The highest BCUT2D eigenvalue weighted by Gasteiger charge is 2.06. The van der Waals surface area contributed by atoms with Crippen LogP contribution in [0.3, 0.4) is 0 Å². The van der Waals surface area contributed by atoms with Gasteiger partial charge < -0.3 is 9.73 Å². The Balaban J connectivity index is 2.17. The predicted octanol–water partition coefficient (Wildman–Crippen LogP) is 3.11. The minimum Gasteiger partial charge on any atom is -0.423 e. The zero-order chi connectivity index (χ0) is 12.3. The molecular weight excluding hydrogens is 214 g/mol. The third-order valence-corrected chi connectivity index (χ3v) is 2.53. The van der Waals surface area contributed by atoms with Gasteiger partial charge in [-0.25, -0.2) is 0 Å². The van der Waals surface area contributed by atoms with E-state index in [9.17, 15) is 0 Å². The molecule has 4 nitrogen and oxygen atoms in total. The first kappa shape index (κ1) is 11.6. The Labute approximate surface area is 101 Å². The summed E-state index contributed by atoms with van der Waals surface area (Å²) in [6.07, 6.45) is 1.34. The number of nitrogens with one attached hydrogen (secondary N) is 1. The van der Waals surface area contributed by atoms with Crippen LogP contribution < -0.4 is 5.32 Å². The van der Waals surface area contributed by atoms with Gasteiger partial charge in [0.25, 0.3) is 0 Å². The van der Waals surface area contributed by atoms with Gasteiger partial charge in [0.2, 0.25) is 12.3 Å². The topological polar surface area (TPSA) is 51.0 Å². The van der Waals surface area contributed by atoms with Gasteiger partial charge in [-0.15, -0.1) is 10.2 Å². The SMILES string of the molecule is Cc1cc(-c2nnco2)ccc1NCC(C)C. The molecule has 0 aliphatic heterocycles. The van der Waals surface area contributed by atoms with Crippen LogP contribution >= 0.6 is 0 Å². The Morgan fingerprint density at radius 3 is 2.76 bits per heavy atom. The van der Waals surface area contributed by atoms with E-state index >= 15 is 0 Å². The maximum absolute atomic E-state index is 5.17. The molecule has 0 saturated carbocycles. The van der Waals surface area contributed by atoms with Crippen molar-refractivity contribution >= 4 is 5.69 Å². The molecule has 1 N–H and O–H groups in total. The van der Waals surface area contributed by atoms with Crippen molar-refractivity contribution in [3.8, 4) is 11.5 Å². The fourth-order valence-electron chi connectivity index (χ4n) is 1.61. The third kappa shape index (κ3) is 2.84. The zero-order valence-corrected chi connectivity index (χ0v) is 10.4. The van der Waals surface area contributed by atoms with Gasteiger partial charge in [0, 0.05) is 17.8 Å². The zero-order valence-electron chi connectivity index (χ0n) is 10.4. The molecule has 0 radical (unpaired) electrons. The lowest BCUT2D eigenvalue weighted by atomic mass is 10.1. The highest BCUT2D eigenvalue weighted by molar-refractivity contribution is 5.62. The Morgan fingerprint density at radius 2 is 2.18 bits per heavy atom. The Hall–Kier alpha value is -1.84. The molecular formula is C13H17N3O. The van der Waals surface area contributed by atoms with E-state index < -0.39 is 0 Å². The quantitative estimate of drug-likeness (QED) is 0.878. The monoisotopic (exact) mass is 231 g/mol. The second-order valence-electron chi connectivity index (χ2n) is 4.55. The van der Waals surface area contributed by atoms with E-state index in [1.165, 1.54) is 12.0 Å². The van der Waals surface area contributed by atoms with Crippen molar-refractivity contribution in [2.24, 2.45) is 5.92 Å². The first-order valence-electron chi connectivity index (χ1n) is 5.78. The second kappa shape index (κ2) is 4.99. The van der Waals surface area contributed by atoms with Crippen LogP contribution in [-0.4, -0.2) is 16.7 Å². The van der Waals surface area contributed by atoms with Crippen molar-refractivity contribution < 1.29 is 4.42 Å². The average Bonchev–Trinajstić information content (AvgIpc) is 2.80. The van der Waals surface area contributed by atoms with Crippen LogP contribution in [0.1, 0.15) is 19.4 Å². The number of aromatic nitrogens is 2. The molecule has 0 fully saturated rings. The van der Waals surface area contributed by atoms with Crippen molar-refractivity contribution in [2.45, 2.75) is 20.8 Å². The number of rotatable bonds is 4. The largest absolute Gasteiger partial charge is 0.423 e. The van der Waals surface area contributed by atoms with Crippen LogP contribution in [-0.2, 0) is 0 Å². The molecule has 0 unspecified atom stereocenters. The molecule has 0 bridgehead atoms. The van der Waals surface area contributed by atoms with Crippen molar-refractivity contribution in [1.29, 1.82) is 0 Å². The summed E-state index contributed by atoms with van der Waals surface area (Å²) in [5, 5.41) is 11.0. The van der Waals surface area contributed by atoms with Crippen molar-refractivity contribution in [3.05, 3.63) is 30.2 Å². The van der Waals surface area contributed by atoms with Crippen molar-refractivity contribution in [3.63, 3.8) is 0 Å². The van der Waals surface area contributed by atoms with E-state index in [0.29, 0.717) is 11.8 Å². The maximum atomic E-state index is 5.17. The van der Waals surface area contributed by atoms with E-state index in [0.717, 1.165) is 17.8 Å². The van der Waals surface area contributed by atoms with E-state index in [-0.39, 0.29) is 0 Å².